The highest BCUT2D eigenvalue weighted by molar-refractivity contribution is 6.74. The normalized spacial score (nSPS) is 13.1. The lowest BCUT2D eigenvalue weighted by Gasteiger charge is -2.36. The van der Waals surface area contributed by atoms with Crippen molar-refractivity contribution in [2.75, 3.05) is 6.79 Å². The molecule has 0 spiro atoms. The van der Waals surface area contributed by atoms with Gasteiger partial charge in [-0.25, -0.2) is 4.79 Å². The number of carboxylic acid groups (broad SMARTS) is 1. The molecule has 3 aromatic rings. The Morgan fingerprint density at radius 3 is 2.31 bits per heavy atom. The van der Waals surface area contributed by atoms with Crippen LogP contribution in [-0.4, -0.2) is 26.2 Å². The first-order chi connectivity index (χ1) is 18.3. The van der Waals surface area contributed by atoms with Crippen molar-refractivity contribution in [1.29, 1.82) is 0 Å². The molecule has 0 atom stereocenters. The molecule has 0 aliphatic carbocycles. The molecule has 0 unspecified atom stereocenters. The van der Waals surface area contributed by atoms with E-state index in [2.05, 4.69) is 33.9 Å². The maximum Gasteiger partial charge on any atom is 0.328 e. The molecule has 0 amide bonds. The van der Waals surface area contributed by atoms with Crippen LogP contribution in [-0.2, 0) is 17.8 Å². The van der Waals surface area contributed by atoms with Crippen molar-refractivity contribution < 1.29 is 28.5 Å². The van der Waals surface area contributed by atoms with E-state index in [1.54, 1.807) is 18.2 Å². The van der Waals surface area contributed by atoms with Gasteiger partial charge in [-0.3, -0.25) is 0 Å². The van der Waals surface area contributed by atoms with Gasteiger partial charge in [-0.1, -0.05) is 50.0 Å². The number of aliphatic carboxylic acids is 1. The summed E-state index contributed by atoms with van der Waals surface area (Å²) in [7, 11) is -2.01. The quantitative estimate of drug-likeness (QED) is 0.200. The minimum absolute atomic E-state index is 0.0669. The first-order valence-corrected chi connectivity index (χ1v) is 16.2. The summed E-state index contributed by atoms with van der Waals surface area (Å²) in [5.41, 5.74) is 3.21. The van der Waals surface area contributed by atoms with Crippen molar-refractivity contribution in [3.63, 3.8) is 0 Å². The monoisotopic (exact) mass is 586 g/mol. The van der Waals surface area contributed by atoms with Gasteiger partial charge in [0, 0.05) is 27.8 Å². The summed E-state index contributed by atoms with van der Waals surface area (Å²) >= 11 is 13.0. The lowest BCUT2D eigenvalue weighted by molar-refractivity contribution is -0.131. The molecule has 1 heterocycles. The minimum Gasteiger partial charge on any atom is -0.543 e. The van der Waals surface area contributed by atoms with Crippen molar-refractivity contribution in [3.05, 3.63) is 86.9 Å². The first kappa shape index (κ1) is 28.9. The second-order valence-electron chi connectivity index (χ2n) is 10.9. The highest BCUT2D eigenvalue weighted by Gasteiger charge is 2.39. The third-order valence-corrected chi connectivity index (χ3v) is 12.1. The van der Waals surface area contributed by atoms with E-state index in [1.165, 1.54) is 0 Å². The summed E-state index contributed by atoms with van der Waals surface area (Å²) in [5.74, 6) is 1.58. The molecule has 1 N–H and O–H groups in total. The van der Waals surface area contributed by atoms with E-state index < -0.39 is 14.3 Å². The van der Waals surface area contributed by atoms with Crippen LogP contribution in [0.4, 0.5) is 0 Å². The predicted octanol–water partition coefficient (Wildman–Crippen LogP) is 8.37. The molecule has 0 saturated carbocycles. The van der Waals surface area contributed by atoms with Gasteiger partial charge in [-0.2, -0.15) is 0 Å². The molecule has 39 heavy (non-hydrogen) atoms. The Balaban J connectivity index is 1.57. The zero-order valence-corrected chi connectivity index (χ0v) is 25.2. The summed E-state index contributed by atoms with van der Waals surface area (Å²) in [6.07, 6.45) is 3.09. The lowest BCUT2D eigenvalue weighted by Crippen LogP contribution is -2.43. The molecular formula is C30H32Cl2O6Si. The zero-order valence-electron chi connectivity index (χ0n) is 22.6. The molecule has 1 aliphatic rings. The summed E-state index contributed by atoms with van der Waals surface area (Å²) in [5, 5.41) is 10.3. The largest absolute Gasteiger partial charge is 0.543 e. The zero-order chi connectivity index (χ0) is 28.4. The van der Waals surface area contributed by atoms with E-state index >= 15 is 0 Å². The fraction of sp³-hybridized carbons (Fsp3) is 0.300. The van der Waals surface area contributed by atoms with Crippen molar-refractivity contribution in [1.82, 2.24) is 0 Å². The number of carboxylic acids is 1. The second-order valence-corrected chi connectivity index (χ2v) is 16.4. The highest BCUT2D eigenvalue weighted by Crippen LogP contribution is 2.39. The number of halogens is 2. The van der Waals surface area contributed by atoms with E-state index in [4.69, 9.17) is 46.9 Å². The van der Waals surface area contributed by atoms with Crippen LogP contribution in [0.1, 0.15) is 43.0 Å². The van der Waals surface area contributed by atoms with E-state index in [9.17, 15) is 4.79 Å². The predicted molar refractivity (Wildman–Crippen MR) is 157 cm³/mol. The topological polar surface area (TPSA) is 74.2 Å². The van der Waals surface area contributed by atoms with Crippen molar-refractivity contribution in [3.8, 4) is 23.0 Å². The molecule has 9 heteroatoms. The van der Waals surface area contributed by atoms with Crippen LogP contribution in [0.2, 0.25) is 28.2 Å². The number of hydrogen-bond acceptors (Lipinski definition) is 5. The van der Waals surface area contributed by atoms with Crippen LogP contribution in [0.5, 0.6) is 23.0 Å². The van der Waals surface area contributed by atoms with E-state index in [1.807, 2.05) is 36.4 Å². The van der Waals surface area contributed by atoms with Crippen molar-refractivity contribution in [2.24, 2.45) is 0 Å². The van der Waals surface area contributed by atoms with Crippen molar-refractivity contribution in [2.45, 2.75) is 51.9 Å². The average Bonchev–Trinajstić information content (AvgIpc) is 3.30. The number of rotatable bonds is 9. The average molecular weight is 588 g/mol. The minimum atomic E-state index is -2.01. The molecule has 0 aromatic heterocycles. The third kappa shape index (κ3) is 7.09. The first-order valence-electron chi connectivity index (χ1n) is 12.5. The Bertz CT molecular complexity index is 1410. The number of hydrogen-bond donors (Lipinski definition) is 1. The van der Waals surface area contributed by atoms with Gasteiger partial charge in [0.15, 0.2) is 11.5 Å². The van der Waals surface area contributed by atoms with Crippen LogP contribution in [0.25, 0.3) is 6.08 Å². The van der Waals surface area contributed by atoms with Gasteiger partial charge in [0.05, 0.1) is 0 Å². The molecule has 0 radical (unpaired) electrons. The van der Waals surface area contributed by atoms with E-state index in [-0.39, 0.29) is 18.4 Å². The van der Waals surface area contributed by atoms with Gasteiger partial charge in [0.2, 0.25) is 15.1 Å². The Kier molecular flexibility index (Phi) is 8.54. The molecule has 0 bridgehead atoms. The summed E-state index contributed by atoms with van der Waals surface area (Å²) in [6, 6.07) is 14.7. The number of benzene rings is 3. The standard InChI is InChI=1S/C30H32Cl2O6Si/c1-30(2,3)39(4,5)38-24-9-10-25(31)22(14-24)17-35-23-8-6-19(7-11-29(33)34)20(13-23)12-21-15-27-28(16-26(21)32)37-18-36-27/h6-11,13-16H,12,17-18H2,1-5H3,(H,33,34)/b11-7+. The Hall–Kier alpha value is -3.13. The van der Waals surface area contributed by atoms with E-state index in [0.29, 0.717) is 33.7 Å². The van der Waals surface area contributed by atoms with Gasteiger partial charge in [0.25, 0.3) is 0 Å². The van der Waals surface area contributed by atoms with Crippen LogP contribution < -0.4 is 18.6 Å². The molecule has 0 fully saturated rings. The summed E-state index contributed by atoms with van der Waals surface area (Å²) in [6.45, 7) is 11.4. The fourth-order valence-corrected chi connectivity index (χ4v) is 5.20. The van der Waals surface area contributed by atoms with Gasteiger partial charge >= 0.3 is 5.97 Å². The summed E-state index contributed by atoms with van der Waals surface area (Å²) in [4.78, 5) is 11.2. The van der Waals surface area contributed by atoms with Crippen LogP contribution in [0, 0.1) is 0 Å². The molecular weight excluding hydrogens is 555 g/mol. The van der Waals surface area contributed by atoms with Crippen molar-refractivity contribution >= 4 is 43.6 Å². The Labute approximate surface area is 240 Å². The molecule has 1 aliphatic heterocycles. The van der Waals surface area contributed by atoms with Gasteiger partial charge in [0.1, 0.15) is 18.1 Å². The maximum atomic E-state index is 11.2. The summed E-state index contributed by atoms with van der Waals surface area (Å²) < 4.78 is 23.5. The van der Waals surface area contributed by atoms with Gasteiger partial charge < -0.3 is 23.7 Å². The molecule has 4 rings (SSSR count). The van der Waals surface area contributed by atoms with Crippen LogP contribution >= 0.6 is 23.2 Å². The third-order valence-electron chi connectivity index (χ3n) is 7.03. The fourth-order valence-electron chi connectivity index (χ4n) is 3.78. The highest BCUT2D eigenvalue weighted by atomic mass is 35.5. The van der Waals surface area contributed by atoms with Gasteiger partial charge in [-0.05, 0) is 83.7 Å². The Morgan fingerprint density at radius 1 is 0.949 bits per heavy atom. The lowest BCUT2D eigenvalue weighted by atomic mass is 9.98. The number of carbonyl (C=O) groups is 1. The van der Waals surface area contributed by atoms with Gasteiger partial charge in [-0.15, -0.1) is 0 Å². The van der Waals surface area contributed by atoms with Crippen LogP contribution in [0.15, 0.2) is 54.6 Å². The number of ether oxygens (including phenoxy) is 3. The smallest absolute Gasteiger partial charge is 0.328 e. The SMILES string of the molecule is CC(C)(C)[Si](C)(C)Oc1ccc(Cl)c(COc2ccc(/C=C/C(=O)O)c(Cc3cc4c(cc3Cl)OCO4)c2)c1. The maximum absolute atomic E-state index is 11.2. The van der Waals surface area contributed by atoms with E-state index in [0.717, 1.165) is 34.1 Å². The molecule has 6 nitrogen and oxygen atoms in total. The second kappa shape index (κ2) is 11.5. The number of fused-ring (bicyclic) bond motifs is 1. The molecule has 206 valence electrons. The molecule has 0 saturated heterocycles. The molecule has 3 aromatic carbocycles. The Morgan fingerprint density at radius 2 is 1.62 bits per heavy atom. The van der Waals surface area contributed by atoms with Crippen LogP contribution in [0.3, 0.4) is 0 Å².